The maximum absolute atomic E-state index is 5.74. The van der Waals surface area contributed by atoms with Crippen molar-refractivity contribution >= 4 is 0 Å². The van der Waals surface area contributed by atoms with Crippen molar-refractivity contribution in [1.29, 1.82) is 0 Å². The summed E-state index contributed by atoms with van der Waals surface area (Å²) in [6, 6.07) is 0. The second kappa shape index (κ2) is 3.75. The summed E-state index contributed by atoms with van der Waals surface area (Å²) in [5.41, 5.74) is 0. The fraction of sp³-hybridized carbons (Fsp3) is 1.00. The van der Waals surface area contributed by atoms with Crippen LogP contribution in [-0.4, -0.2) is 37.2 Å². The van der Waals surface area contributed by atoms with Crippen LogP contribution in [0.4, 0.5) is 0 Å². The van der Waals surface area contributed by atoms with E-state index in [9.17, 15) is 0 Å². The summed E-state index contributed by atoms with van der Waals surface area (Å²) in [6.07, 6.45) is 4.61. The summed E-state index contributed by atoms with van der Waals surface area (Å²) < 4.78 is 5.74. The van der Waals surface area contributed by atoms with Crippen LogP contribution < -0.4 is 0 Å². The molecule has 0 aliphatic carbocycles. The molecule has 0 amide bonds. The van der Waals surface area contributed by atoms with Gasteiger partial charge < -0.3 is 9.64 Å². The Morgan fingerprint density at radius 1 is 1.33 bits per heavy atom. The Kier molecular flexibility index (Phi) is 2.66. The van der Waals surface area contributed by atoms with E-state index in [1.807, 2.05) is 0 Å². The van der Waals surface area contributed by atoms with Crippen molar-refractivity contribution in [3.63, 3.8) is 0 Å². The molecule has 0 N–H and O–H groups in total. The first-order valence-electron chi connectivity index (χ1n) is 5.24. The van der Waals surface area contributed by atoms with Gasteiger partial charge in [-0.05, 0) is 38.6 Å². The normalized spacial score (nSPS) is 41.2. The molecule has 2 bridgehead atoms. The quantitative estimate of drug-likeness (QED) is 0.621. The van der Waals surface area contributed by atoms with Gasteiger partial charge in [0.05, 0.1) is 6.10 Å². The summed E-state index contributed by atoms with van der Waals surface area (Å²) in [4.78, 5) is 2.59. The zero-order chi connectivity index (χ0) is 8.39. The smallest absolute Gasteiger partial charge is 0.0627 e. The molecule has 2 heterocycles. The van der Waals surface area contributed by atoms with E-state index >= 15 is 0 Å². The van der Waals surface area contributed by atoms with Crippen molar-refractivity contribution < 1.29 is 4.74 Å². The maximum Gasteiger partial charge on any atom is 0.0627 e. The van der Waals surface area contributed by atoms with Crippen LogP contribution in [-0.2, 0) is 4.74 Å². The van der Waals surface area contributed by atoms with Crippen molar-refractivity contribution in [1.82, 2.24) is 4.90 Å². The second-order valence-corrected chi connectivity index (χ2v) is 3.99. The Hall–Kier alpha value is -0.0800. The van der Waals surface area contributed by atoms with Gasteiger partial charge in [-0.15, -0.1) is 0 Å². The van der Waals surface area contributed by atoms with Crippen LogP contribution in [0.5, 0.6) is 0 Å². The molecule has 0 aromatic heterocycles. The number of ether oxygens (including phenoxy) is 1. The lowest BCUT2D eigenvalue weighted by molar-refractivity contribution is -0.0460. The molecule has 0 saturated carbocycles. The monoisotopic (exact) mass is 169 g/mol. The Labute approximate surface area is 74.9 Å². The standard InChI is InChI=1S/C10H19NO/c1-2-12-10-5-7-11-6-3-4-9(10)8-11/h9-10H,2-8H2,1H3. The Morgan fingerprint density at radius 3 is 3.08 bits per heavy atom. The molecule has 2 nitrogen and oxygen atoms in total. The third kappa shape index (κ3) is 1.64. The molecule has 0 spiro atoms. The van der Waals surface area contributed by atoms with Gasteiger partial charge >= 0.3 is 0 Å². The number of fused-ring (bicyclic) bond motifs is 2. The molecule has 3 atom stereocenters. The molecular formula is C10H19NO. The molecule has 3 unspecified atom stereocenters. The Bertz CT molecular complexity index is 147. The molecule has 70 valence electrons. The number of hydrogen-bond acceptors (Lipinski definition) is 2. The van der Waals surface area contributed by atoms with Crippen molar-refractivity contribution in [2.45, 2.75) is 32.3 Å². The van der Waals surface area contributed by atoms with Crippen molar-refractivity contribution in [2.24, 2.45) is 5.92 Å². The predicted molar refractivity (Wildman–Crippen MR) is 49.2 cm³/mol. The van der Waals surface area contributed by atoms with Crippen molar-refractivity contribution in [3.05, 3.63) is 0 Å². The number of rotatable bonds is 2. The minimum absolute atomic E-state index is 0.576. The van der Waals surface area contributed by atoms with Crippen LogP contribution in [0.1, 0.15) is 26.2 Å². The molecule has 0 aromatic rings. The summed E-state index contributed by atoms with van der Waals surface area (Å²) in [5, 5.41) is 0. The molecule has 0 aromatic carbocycles. The number of piperidine rings is 2. The largest absolute Gasteiger partial charge is 0.378 e. The van der Waals surface area contributed by atoms with Crippen LogP contribution in [0.2, 0.25) is 0 Å². The van der Waals surface area contributed by atoms with E-state index in [0.29, 0.717) is 6.10 Å². The van der Waals surface area contributed by atoms with E-state index in [4.69, 9.17) is 4.74 Å². The summed E-state index contributed by atoms with van der Waals surface area (Å²) in [7, 11) is 0. The van der Waals surface area contributed by atoms with Gasteiger partial charge in [0.15, 0.2) is 0 Å². The van der Waals surface area contributed by atoms with E-state index in [0.717, 1.165) is 12.5 Å². The lowest BCUT2D eigenvalue weighted by Gasteiger charge is -2.42. The van der Waals surface area contributed by atoms with Gasteiger partial charge in [0.25, 0.3) is 0 Å². The first-order valence-corrected chi connectivity index (χ1v) is 5.24. The lowest BCUT2D eigenvalue weighted by Crippen LogP contribution is -2.47. The molecule has 2 rings (SSSR count). The highest BCUT2D eigenvalue weighted by atomic mass is 16.5. The SMILES string of the molecule is CCOC1CCN2CCCC1C2. The lowest BCUT2D eigenvalue weighted by atomic mass is 9.87. The van der Waals surface area contributed by atoms with Gasteiger partial charge in [0.2, 0.25) is 0 Å². The van der Waals surface area contributed by atoms with Gasteiger partial charge in [0.1, 0.15) is 0 Å². The number of nitrogens with zero attached hydrogens (tertiary/aromatic N) is 1. The third-order valence-corrected chi connectivity index (χ3v) is 3.18. The molecule has 12 heavy (non-hydrogen) atoms. The van der Waals surface area contributed by atoms with Gasteiger partial charge in [-0.1, -0.05) is 0 Å². The van der Waals surface area contributed by atoms with E-state index in [1.165, 1.54) is 38.9 Å². The average Bonchev–Trinajstić information content (AvgIpc) is 2.11. The highest BCUT2D eigenvalue weighted by Gasteiger charge is 2.31. The minimum atomic E-state index is 0.576. The fourth-order valence-electron chi connectivity index (χ4n) is 2.58. The predicted octanol–water partition coefficient (Wildman–Crippen LogP) is 1.51. The highest BCUT2D eigenvalue weighted by Crippen LogP contribution is 2.28. The molecule has 0 radical (unpaired) electrons. The van der Waals surface area contributed by atoms with E-state index < -0.39 is 0 Å². The first-order chi connectivity index (χ1) is 5.90. The molecule has 2 saturated heterocycles. The fourth-order valence-corrected chi connectivity index (χ4v) is 2.58. The van der Waals surface area contributed by atoms with E-state index in [-0.39, 0.29) is 0 Å². The zero-order valence-corrected chi connectivity index (χ0v) is 7.96. The second-order valence-electron chi connectivity index (χ2n) is 3.99. The van der Waals surface area contributed by atoms with Crippen LogP contribution in [0.15, 0.2) is 0 Å². The molecular weight excluding hydrogens is 150 g/mol. The number of hydrogen-bond donors (Lipinski definition) is 0. The Balaban J connectivity index is 1.90. The van der Waals surface area contributed by atoms with Gasteiger partial charge in [0, 0.05) is 19.7 Å². The van der Waals surface area contributed by atoms with Crippen molar-refractivity contribution in [2.75, 3.05) is 26.2 Å². The molecule has 2 heteroatoms. The van der Waals surface area contributed by atoms with Gasteiger partial charge in [-0.3, -0.25) is 0 Å². The van der Waals surface area contributed by atoms with Crippen LogP contribution >= 0.6 is 0 Å². The molecule has 2 aliphatic rings. The highest BCUT2D eigenvalue weighted by molar-refractivity contribution is 4.84. The topological polar surface area (TPSA) is 12.5 Å². The first kappa shape index (κ1) is 8.52. The summed E-state index contributed by atoms with van der Waals surface area (Å²) in [5.74, 6) is 0.840. The molecule has 2 fully saturated rings. The maximum atomic E-state index is 5.74. The average molecular weight is 169 g/mol. The van der Waals surface area contributed by atoms with E-state index in [2.05, 4.69) is 11.8 Å². The van der Waals surface area contributed by atoms with Crippen molar-refractivity contribution in [3.8, 4) is 0 Å². The summed E-state index contributed by atoms with van der Waals surface area (Å²) >= 11 is 0. The van der Waals surface area contributed by atoms with Crippen LogP contribution in [0, 0.1) is 5.92 Å². The minimum Gasteiger partial charge on any atom is -0.378 e. The van der Waals surface area contributed by atoms with Crippen LogP contribution in [0.3, 0.4) is 0 Å². The third-order valence-electron chi connectivity index (χ3n) is 3.18. The zero-order valence-electron chi connectivity index (χ0n) is 7.96. The van der Waals surface area contributed by atoms with Gasteiger partial charge in [-0.25, -0.2) is 0 Å². The Morgan fingerprint density at radius 2 is 2.25 bits per heavy atom. The summed E-state index contributed by atoms with van der Waals surface area (Å²) in [6.45, 7) is 6.89. The van der Waals surface area contributed by atoms with Gasteiger partial charge in [-0.2, -0.15) is 0 Å². The van der Waals surface area contributed by atoms with E-state index in [1.54, 1.807) is 0 Å². The molecule has 2 aliphatic heterocycles. The van der Waals surface area contributed by atoms with Crippen LogP contribution in [0.25, 0.3) is 0 Å².